The Morgan fingerprint density at radius 3 is 2.20 bits per heavy atom. The maximum absolute atomic E-state index is 6.14. The van der Waals surface area contributed by atoms with Gasteiger partial charge in [0.25, 0.3) is 0 Å². The predicted molar refractivity (Wildman–Crippen MR) is 91.6 cm³/mol. The summed E-state index contributed by atoms with van der Waals surface area (Å²) in [5.74, 6) is 0. The lowest BCUT2D eigenvalue weighted by Crippen LogP contribution is -2.08. The molecule has 1 heterocycles. The number of fused-ring (bicyclic) bond motifs is 1. The third-order valence-electron chi connectivity index (χ3n) is 3.18. The number of nitrogens with zero attached hydrogens (tertiary/aromatic N) is 1. The van der Waals surface area contributed by atoms with Crippen LogP contribution in [0.4, 0.5) is 5.69 Å². The van der Waals surface area contributed by atoms with Crippen molar-refractivity contribution < 1.29 is 0 Å². The second-order valence-electron chi connectivity index (χ2n) is 4.82. The maximum Gasteiger partial charge on any atom is 0.0630 e. The maximum atomic E-state index is 6.14. The number of benzene rings is 2. The molecule has 0 saturated heterocycles. The van der Waals surface area contributed by atoms with Gasteiger partial charge >= 0.3 is 0 Å². The van der Waals surface area contributed by atoms with Gasteiger partial charge in [0.2, 0.25) is 0 Å². The molecule has 0 N–H and O–H groups in total. The molecule has 4 heteroatoms. The SMILES string of the molecule is CN(C)c1c(-c2ccc(Cl)cc2)sc2ccc(Cl)cc12. The van der Waals surface area contributed by atoms with Gasteiger partial charge in [0.1, 0.15) is 0 Å². The van der Waals surface area contributed by atoms with Crippen LogP contribution in [0.15, 0.2) is 42.5 Å². The summed E-state index contributed by atoms with van der Waals surface area (Å²) in [5, 5.41) is 2.71. The Bertz CT molecular complexity index is 760. The zero-order valence-corrected chi connectivity index (χ0v) is 13.5. The Kier molecular flexibility index (Phi) is 3.63. The second kappa shape index (κ2) is 5.28. The van der Waals surface area contributed by atoms with Crippen molar-refractivity contribution in [3.05, 3.63) is 52.5 Å². The molecule has 3 aromatic rings. The average molecular weight is 322 g/mol. The minimum atomic E-state index is 0.754. The van der Waals surface area contributed by atoms with Gasteiger partial charge in [-0.15, -0.1) is 11.3 Å². The zero-order valence-electron chi connectivity index (χ0n) is 11.2. The second-order valence-corrected chi connectivity index (χ2v) is 6.75. The summed E-state index contributed by atoms with van der Waals surface area (Å²) >= 11 is 13.9. The normalized spacial score (nSPS) is 11.0. The Morgan fingerprint density at radius 2 is 1.55 bits per heavy atom. The van der Waals surface area contributed by atoms with Crippen LogP contribution in [-0.4, -0.2) is 14.1 Å². The van der Waals surface area contributed by atoms with Gasteiger partial charge in [-0.2, -0.15) is 0 Å². The molecule has 0 saturated carbocycles. The van der Waals surface area contributed by atoms with Crippen molar-refractivity contribution in [2.75, 3.05) is 19.0 Å². The van der Waals surface area contributed by atoms with E-state index in [-0.39, 0.29) is 0 Å². The highest BCUT2D eigenvalue weighted by Crippen LogP contribution is 2.44. The summed E-state index contributed by atoms with van der Waals surface area (Å²) in [4.78, 5) is 3.38. The first kappa shape index (κ1) is 13.7. The molecule has 0 aliphatic rings. The summed E-state index contributed by atoms with van der Waals surface area (Å²) in [7, 11) is 4.11. The molecule has 1 nitrogen and oxygen atoms in total. The van der Waals surface area contributed by atoms with Gasteiger partial charge in [-0.3, -0.25) is 0 Å². The molecular formula is C16H13Cl2NS. The fourth-order valence-corrected chi connectivity index (χ4v) is 3.86. The Morgan fingerprint density at radius 1 is 0.900 bits per heavy atom. The average Bonchev–Trinajstić information content (AvgIpc) is 2.78. The standard InChI is InChI=1S/C16H13Cl2NS/c1-19(2)15-13-9-12(18)7-8-14(13)20-16(15)10-3-5-11(17)6-4-10/h3-9H,1-2H3. The van der Waals surface area contributed by atoms with Gasteiger partial charge in [0.05, 0.1) is 10.6 Å². The van der Waals surface area contributed by atoms with Gasteiger partial charge < -0.3 is 4.90 Å². The van der Waals surface area contributed by atoms with Gasteiger partial charge in [-0.1, -0.05) is 35.3 Å². The van der Waals surface area contributed by atoms with Crippen LogP contribution < -0.4 is 4.90 Å². The minimum absolute atomic E-state index is 0.754. The highest BCUT2D eigenvalue weighted by molar-refractivity contribution is 7.23. The first-order chi connectivity index (χ1) is 9.56. The van der Waals surface area contributed by atoms with E-state index in [1.165, 1.54) is 26.2 Å². The third kappa shape index (κ3) is 2.39. The molecule has 0 spiro atoms. The van der Waals surface area contributed by atoms with Crippen LogP contribution in [0.1, 0.15) is 0 Å². The van der Waals surface area contributed by atoms with E-state index in [1.807, 2.05) is 24.3 Å². The number of hydrogen-bond acceptors (Lipinski definition) is 2. The molecular weight excluding hydrogens is 309 g/mol. The molecule has 0 bridgehead atoms. The van der Waals surface area contributed by atoms with Crippen molar-refractivity contribution in [1.82, 2.24) is 0 Å². The number of halogens is 2. The lowest BCUT2D eigenvalue weighted by molar-refractivity contribution is 1.15. The molecule has 20 heavy (non-hydrogen) atoms. The summed E-state index contributed by atoms with van der Waals surface area (Å²) in [6.45, 7) is 0. The molecule has 0 radical (unpaired) electrons. The van der Waals surface area contributed by atoms with Crippen LogP contribution in [0.2, 0.25) is 10.0 Å². The number of hydrogen-bond donors (Lipinski definition) is 0. The van der Waals surface area contributed by atoms with Crippen LogP contribution in [0.3, 0.4) is 0 Å². The van der Waals surface area contributed by atoms with Gasteiger partial charge in [0.15, 0.2) is 0 Å². The molecule has 0 unspecified atom stereocenters. The van der Waals surface area contributed by atoms with Crippen molar-refractivity contribution in [3.63, 3.8) is 0 Å². The highest BCUT2D eigenvalue weighted by atomic mass is 35.5. The van der Waals surface area contributed by atoms with Crippen molar-refractivity contribution in [2.45, 2.75) is 0 Å². The fourth-order valence-electron chi connectivity index (χ4n) is 2.30. The van der Waals surface area contributed by atoms with Crippen LogP contribution >= 0.6 is 34.5 Å². The molecule has 0 aliphatic heterocycles. The molecule has 0 fully saturated rings. The predicted octanol–water partition coefficient (Wildman–Crippen LogP) is 5.94. The van der Waals surface area contributed by atoms with E-state index in [4.69, 9.17) is 23.2 Å². The van der Waals surface area contributed by atoms with E-state index >= 15 is 0 Å². The van der Waals surface area contributed by atoms with Gasteiger partial charge in [-0.25, -0.2) is 0 Å². The molecule has 0 aliphatic carbocycles. The fraction of sp³-hybridized carbons (Fsp3) is 0.125. The topological polar surface area (TPSA) is 3.24 Å². The lowest BCUT2D eigenvalue weighted by Gasteiger charge is -2.14. The third-order valence-corrected chi connectivity index (χ3v) is 4.87. The van der Waals surface area contributed by atoms with E-state index in [9.17, 15) is 0 Å². The summed E-state index contributed by atoms with van der Waals surface area (Å²) in [6.07, 6.45) is 0. The van der Waals surface area contributed by atoms with E-state index in [1.54, 1.807) is 11.3 Å². The first-order valence-electron chi connectivity index (χ1n) is 6.21. The zero-order chi connectivity index (χ0) is 14.3. The first-order valence-corrected chi connectivity index (χ1v) is 7.79. The Balaban J connectivity index is 2.29. The summed E-state index contributed by atoms with van der Waals surface area (Å²) in [5.41, 5.74) is 2.38. The van der Waals surface area contributed by atoms with E-state index in [2.05, 4.69) is 37.2 Å². The molecule has 0 amide bonds. The van der Waals surface area contributed by atoms with E-state index in [0.29, 0.717) is 0 Å². The number of thiophene rings is 1. The quantitative estimate of drug-likeness (QED) is 0.564. The largest absolute Gasteiger partial charge is 0.376 e. The summed E-state index contributed by atoms with van der Waals surface area (Å²) in [6, 6.07) is 14.0. The monoisotopic (exact) mass is 321 g/mol. The minimum Gasteiger partial charge on any atom is -0.376 e. The Labute approximate surface area is 132 Å². The van der Waals surface area contributed by atoms with Crippen molar-refractivity contribution in [3.8, 4) is 10.4 Å². The highest BCUT2D eigenvalue weighted by Gasteiger charge is 2.15. The molecule has 3 rings (SSSR count). The van der Waals surface area contributed by atoms with Gasteiger partial charge in [-0.05, 0) is 35.9 Å². The van der Waals surface area contributed by atoms with Crippen molar-refractivity contribution >= 4 is 50.3 Å². The lowest BCUT2D eigenvalue weighted by atomic mass is 10.1. The van der Waals surface area contributed by atoms with Crippen LogP contribution in [0.25, 0.3) is 20.5 Å². The van der Waals surface area contributed by atoms with E-state index in [0.717, 1.165) is 10.0 Å². The molecule has 0 atom stereocenters. The Hall–Kier alpha value is -1.22. The van der Waals surface area contributed by atoms with Gasteiger partial charge in [0, 0.05) is 34.2 Å². The molecule has 1 aromatic heterocycles. The molecule has 102 valence electrons. The van der Waals surface area contributed by atoms with Crippen LogP contribution in [-0.2, 0) is 0 Å². The van der Waals surface area contributed by atoms with Crippen molar-refractivity contribution in [1.29, 1.82) is 0 Å². The summed E-state index contributed by atoms with van der Waals surface area (Å²) < 4.78 is 1.24. The van der Waals surface area contributed by atoms with Crippen LogP contribution in [0, 0.1) is 0 Å². The number of rotatable bonds is 2. The number of anilines is 1. The van der Waals surface area contributed by atoms with Crippen LogP contribution in [0.5, 0.6) is 0 Å². The molecule has 2 aromatic carbocycles. The van der Waals surface area contributed by atoms with Crippen molar-refractivity contribution in [2.24, 2.45) is 0 Å². The smallest absolute Gasteiger partial charge is 0.0630 e. The van der Waals surface area contributed by atoms with E-state index < -0.39 is 0 Å².